The highest BCUT2D eigenvalue weighted by molar-refractivity contribution is 6.22. The summed E-state index contributed by atoms with van der Waals surface area (Å²) in [5.41, 5.74) is -1.40. The van der Waals surface area contributed by atoms with E-state index in [-0.39, 0.29) is 19.1 Å². The van der Waals surface area contributed by atoms with Gasteiger partial charge in [0.15, 0.2) is 0 Å². The predicted octanol–water partition coefficient (Wildman–Crippen LogP) is 2.57. The van der Waals surface area contributed by atoms with E-state index in [9.17, 15) is 27.9 Å². The number of alkyl halides is 3. The van der Waals surface area contributed by atoms with Gasteiger partial charge in [0.05, 0.1) is 23.7 Å². The summed E-state index contributed by atoms with van der Waals surface area (Å²) in [7, 11) is 0. The maximum atomic E-state index is 13.3. The molecule has 2 amide bonds. The number of halogens is 3. The van der Waals surface area contributed by atoms with Crippen molar-refractivity contribution in [2.45, 2.75) is 50.4 Å². The molecule has 2 aliphatic heterocycles. The van der Waals surface area contributed by atoms with Crippen molar-refractivity contribution in [3.63, 3.8) is 0 Å². The average Bonchev–Trinajstić information content (AvgIpc) is 2.89. The third kappa shape index (κ3) is 3.48. The Balaban J connectivity index is 1.91. The zero-order valence-corrected chi connectivity index (χ0v) is 14.2. The van der Waals surface area contributed by atoms with Gasteiger partial charge in [-0.05, 0) is 37.9 Å². The lowest BCUT2D eigenvalue weighted by Gasteiger charge is -2.38. The van der Waals surface area contributed by atoms with Crippen LogP contribution in [0.1, 0.15) is 37.7 Å². The molecule has 0 radical (unpaired) electrons. The molecule has 2 atom stereocenters. The van der Waals surface area contributed by atoms with Crippen LogP contribution in [0.25, 0.3) is 0 Å². The number of likely N-dealkylation sites (tertiary alicyclic amines) is 1. The molecule has 0 aliphatic carbocycles. The van der Waals surface area contributed by atoms with Gasteiger partial charge in [-0.1, -0.05) is 18.6 Å². The molecular formula is C18H21F3N2O3. The van der Waals surface area contributed by atoms with Crippen LogP contribution in [0.5, 0.6) is 0 Å². The number of carbonyl (C=O) groups excluding carboxylic acids is 2. The molecule has 0 unspecified atom stereocenters. The summed E-state index contributed by atoms with van der Waals surface area (Å²) >= 11 is 0. The summed E-state index contributed by atoms with van der Waals surface area (Å²) in [4.78, 5) is 27.9. The average molecular weight is 370 g/mol. The van der Waals surface area contributed by atoms with Crippen LogP contribution in [0, 0.1) is 0 Å². The Morgan fingerprint density at radius 2 is 1.88 bits per heavy atom. The van der Waals surface area contributed by atoms with Gasteiger partial charge in [0.25, 0.3) is 5.91 Å². The van der Waals surface area contributed by atoms with Gasteiger partial charge in [-0.2, -0.15) is 13.2 Å². The first kappa shape index (κ1) is 18.8. The number of imide groups is 1. The highest BCUT2D eigenvalue weighted by atomic mass is 19.4. The number of hydrogen-bond donors (Lipinski definition) is 1. The van der Waals surface area contributed by atoms with Crippen molar-refractivity contribution < 1.29 is 27.9 Å². The Bertz CT molecular complexity index is 691. The first-order chi connectivity index (χ1) is 12.3. The maximum Gasteiger partial charge on any atom is 0.418 e. The molecule has 2 fully saturated rings. The van der Waals surface area contributed by atoms with Crippen molar-refractivity contribution >= 4 is 17.5 Å². The number of benzene rings is 1. The molecule has 26 heavy (non-hydrogen) atoms. The molecule has 0 aromatic heterocycles. The summed E-state index contributed by atoms with van der Waals surface area (Å²) in [5, 5.41) is 9.24. The Labute approximate surface area is 149 Å². The molecule has 5 nitrogen and oxygen atoms in total. The molecule has 2 aliphatic rings. The van der Waals surface area contributed by atoms with Crippen LogP contribution in [0.3, 0.4) is 0 Å². The van der Waals surface area contributed by atoms with Gasteiger partial charge < -0.3 is 5.11 Å². The van der Waals surface area contributed by atoms with Gasteiger partial charge in [0, 0.05) is 12.6 Å². The van der Waals surface area contributed by atoms with Gasteiger partial charge in [-0.15, -0.1) is 0 Å². The van der Waals surface area contributed by atoms with Crippen LogP contribution in [0.15, 0.2) is 24.3 Å². The minimum atomic E-state index is -4.65. The van der Waals surface area contributed by atoms with Gasteiger partial charge in [-0.25, -0.2) is 4.90 Å². The molecule has 3 rings (SSSR count). The number of amides is 2. The van der Waals surface area contributed by atoms with Crippen LogP contribution in [0.2, 0.25) is 0 Å². The van der Waals surface area contributed by atoms with Gasteiger partial charge in [0.1, 0.15) is 0 Å². The first-order valence-electron chi connectivity index (χ1n) is 8.74. The minimum Gasteiger partial charge on any atom is -0.396 e. The standard InChI is InChI=1S/C18H21F3N2O3/c19-18(20,21)13-6-1-2-7-14(13)23-16(25)11-15(17(23)26)22-9-4-3-5-12(22)8-10-24/h1-2,6-7,12,15,24H,3-5,8-11H2/t12-,15-/m0/s1. The highest BCUT2D eigenvalue weighted by Crippen LogP contribution is 2.39. The van der Waals surface area contributed by atoms with Crippen molar-refractivity contribution in [3.8, 4) is 0 Å². The normalized spacial score (nSPS) is 25.2. The second-order valence-corrected chi connectivity index (χ2v) is 6.70. The number of piperidine rings is 1. The molecular weight excluding hydrogens is 349 g/mol. The smallest absolute Gasteiger partial charge is 0.396 e. The van der Waals surface area contributed by atoms with E-state index < -0.39 is 35.3 Å². The largest absolute Gasteiger partial charge is 0.418 e. The molecule has 0 bridgehead atoms. The number of aliphatic hydroxyl groups is 1. The summed E-state index contributed by atoms with van der Waals surface area (Å²) in [6.45, 7) is 0.569. The third-order valence-electron chi connectivity index (χ3n) is 5.11. The van der Waals surface area contributed by atoms with Crippen molar-refractivity contribution in [1.29, 1.82) is 0 Å². The summed E-state index contributed by atoms with van der Waals surface area (Å²) < 4.78 is 39.8. The molecule has 1 N–H and O–H groups in total. The van der Waals surface area contributed by atoms with Crippen molar-refractivity contribution in [2.75, 3.05) is 18.1 Å². The van der Waals surface area contributed by atoms with E-state index in [0.717, 1.165) is 31.4 Å². The van der Waals surface area contributed by atoms with E-state index in [4.69, 9.17) is 0 Å². The molecule has 1 aromatic carbocycles. The molecule has 142 valence electrons. The number of rotatable bonds is 4. The van der Waals surface area contributed by atoms with Crippen LogP contribution in [-0.2, 0) is 15.8 Å². The Morgan fingerprint density at radius 1 is 1.15 bits per heavy atom. The summed E-state index contributed by atoms with van der Waals surface area (Å²) in [6.07, 6.45) is -1.67. The summed E-state index contributed by atoms with van der Waals surface area (Å²) in [5.74, 6) is -1.23. The van der Waals surface area contributed by atoms with Crippen molar-refractivity contribution in [1.82, 2.24) is 4.90 Å². The van der Waals surface area contributed by atoms with E-state index in [1.54, 1.807) is 0 Å². The lowest BCUT2D eigenvalue weighted by molar-refractivity contribution is -0.137. The number of anilines is 1. The Morgan fingerprint density at radius 3 is 2.58 bits per heavy atom. The topological polar surface area (TPSA) is 60.9 Å². The highest BCUT2D eigenvalue weighted by Gasteiger charge is 2.47. The molecule has 0 saturated carbocycles. The van der Waals surface area contributed by atoms with Crippen LogP contribution >= 0.6 is 0 Å². The number of aliphatic hydroxyl groups excluding tert-OH is 1. The third-order valence-corrected chi connectivity index (χ3v) is 5.11. The van der Waals surface area contributed by atoms with E-state index >= 15 is 0 Å². The molecule has 2 heterocycles. The fourth-order valence-electron chi connectivity index (χ4n) is 3.93. The summed E-state index contributed by atoms with van der Waals surface area (Å²) in [6, 6.07) is 3.85. The molecule has 0 spiro atoms. The van der Waals surface area contributed by atoms with Gasteiger partial charge in [-0.3, -0.25) is 14.5 Å². The van der Waals surface area contributed by atoms with Crippen LogP contribution < -0.4 is 4.90 Å². The zero-order valence-electron chi connectivity index (χ0n) is 14.2. The zero-order chi connectivity index (χ0) is 18.9. The number of para-hydroxylation sites is 1. The van der Waals surface area contributed by atoms with Crippen LogP contribution in [0.4, 0.5) is 18.9 Å². The van der Waals surface area contributed by atoms with E-state index in [1.807, 2.05) is 4.90 Å². The van der Waals surface area contributed by atoms with E-state index in [2.05, 4.69) is 0 Å². The second kappa shape index (κ2) is 7.36. The predicted molar refractivity (Wildman–Crippen MR) is 88.4 cm³/mol. The maximum absolute atomic E-state index is 13.3. The van der Waals surface area contributed by atoms with Gasteiger partial charge in [0.2, 0.25) is 5.91 Å². The number of carbonyl (C=O) groups is 2. The quantitative estimate of drug-likeness (QED) is 0.828. The minimum absolute atomic E-state index is 0.0311. The lowest BCUT2D eigenvalue weighted by atomic mass is 9.97. The van der Waals surface area contributed by atoms with Crippen LogP contribution in [-0.4, -0.2) is 47.1 Å². The van der Waals surface area contributed by atoms with Crippen molar-refractivity contribution in [3.05, 3.63) is 29.8 Å². The number of hydrogen-bond acceptors (Lipinski definition) is 4. The first-order valence-corrected chi connectivity index (χ1v) is 8.74. The second-order valence-electron chi connectivity index (χ2n) is 6.70. The Hall–Kier alpha value is -1.93. The monoisotopic (exact) mass is 370 g/mol. The fraction of sp³-hybridized carbons (Fsp3) is 0.556. The molecule has 8 heteroatoms. The van der Waals surface area contributed by atoms with Crippen molar-refractivity contribution in [2.24, 2.45) is 0 Å². The molecule has 2 saturated heterocycles. The lowest BCUT2D eigenvalue weighted by Crippen LogP contribution is -2.50. The SMILES string of the molecule is O=C1C[C@H](N2CCCC[C@H]2CCO)C(=O)N1c1ccccc1C(F)(F)F. The Kier molecular flexibility index (Phi) is 5.34. The fourth-order valence-corrected chi connectivity index (χ4v) is 3.93. The van der Waals surface area contributed by atoms with E-state index in [1.165, 1.54) is 12.1 Å². The van der Waals surface area contributed by atoms with Gasteiger partial charge >= 0.3 is 6.18 Å². The number of nitrogens with zero attached hydrogens (tertiary/aromatic N) is 2. The molecule has 1 aromatic rings. The van der Waals surface area contributed by atoms with E-state index in [0.29, 0.717) is 17.9 Å².